The molecular formula is C45H18B11N3S. The predicted molar refractivity (Wildman–Crippen MR) is 265 cm³/mol. The van der Waals surface area contributed by atoms with Crippen LogP contribution in [-0.2, 0) is 0 Å². The maximum atomic E-state index is 7.13. The fourth-order valence-corrected chi connectivity index (χ4v) is 8.94. The normalized spacial score (nSPS) is 11.4. The number of fused-ring (bicyclic) bond motifs is 3. The Morgan fingerprint density at radius 3 is 1.10 bits per heavy atom. The largest absolute Gasteiger partial charge is 0.208 e. The summed E-state index contributed by atoms with van der Waals surface area (Å²) in [5, 5.41) is 0.898. The topological polar surface area (TPSA) is 38.7 Å². The molecule has 252 valence electrons. The number of thiophene rings is 1. The predicted octanol–water partition coefficient (Wildman–Crippen LogP) is -1.03. The average molecular weight is 752 g/mol. The molecule has 2 heterocycles. The molecule has 60 heavy (non-hydrogen) atoms. The molecule has 0 bridgehead atoms. The van der Waals surface area contributed by atoms with Gasteiger partial charge in [-0.05, 0) is 38.8 Å². The van der Waals surface area contributed by atoms with Crippen molar-refractivity contribution in [3.63, 3.8) is 0 Å². The van der Waals surface area contributed by atoms with Gasteiger partial charge in [0.05, 0.1) is 0 Å². The molecule has 0 fully saturated rings. The fraction of sp³-hybridized carbons (Fsp3) is 0. The molecule has 0 aliphatic heterocycles. The van der Waals surface area contributed by atoms with E-state index < -0.39 is 0 Å². The Bertz CT molecular complexity index is 3060. The van der Waals surface area contributed by atoms with E-state index in [0.29, 0.717) is 42.9 Å². The molecule has 0 aliphatic carbocycles. The number of hydrogen-bond donors (Lipinski definition) is 0. The maximum Gasteiger partial charge on any atom is 0.164 e. The van der Waals surface area contributed by atoms with Gasteiger partial charge >= 0.3 is 0 Å². The average Bonchev–Trinajstić information content (AvgIpc) is 3.68. The Morgan fingerprint density at radius 1 is 0.267 bits per heavy atom. The minimum Gasteiger partial charge on any atom is -0.208 e. The highest BCUT2D eigenvalue weighted by Crippen LogP contribution is 2.41. The van der Waals surface area contributed by atoms with Crippen LogP contribution in [0.4, 0.5) is 0 Å². The lowest BCUT2D eigenvalue weighted by atomic mass is 9.58. The molecule has 3 nitrogen and oxygen atoms in total. The zero-order valence-corrected chi connectivity index (χ0v) is 32.8. The highest BCUT2D eigenvalue weighted by atomic mass is 32.1. The van der Waals surface area contributed by atoms with E-state index in [1.807, 2.05) is 84.9 Å². The minimum atomic E-state index is 0.0194. The van der Waals surface area contributed by atoms with Crippen molar-refractivity contribution in [1.29, 1.82) is 0 Å². The quantitative estimate of drug-likeness (QED) is 0.205. The van der Waals surface area contributed by atoms with Crippen molar-refractivity contribution in [3.05, 3.63) is 109 Å². The fourth-order valence-electron chi connectivity index (χ4n) is 7.60. The first-order chi connectivity index (χ1) is 28.8. The Balaban J connectivity index is 1.36. The Labute approximate surface area is 367 Å². The van der Waals surface area contributed by atoms with Gasteiger partial charge in [-0.15, -0.1) is 38.7 Å². The standard InChI is InChI=1S/C45H18B11N3S/c46-30-25(27-31(47)35(51)38(54)36(52)32(27)48)26-28-33(49)37(53)39(55)40(56)42(28)60-41(26)29(34(30)50)45-58-43(23-15-11-21(12-16-23)19-7-3-1-4-8-19)57-44(59-45)24-17-13-22(14-18-24)20-9-5-2-6-10-20/h1-18H. The lowest BCUT2D eigenvalue weighted by molar-refractivity contribution is 1.08. The van der Waals surface area contributed by atoms with E-state index in [-0.39, 0.29) is 71.5 Å². The van der Waals surface area contributed by atoms with Crippen LogP contribution >= 0.6 is 11.3 Å². The second kappa shape index (κ2) is 15.5. The van der Waals surface area contributed by atoms with Crippen LogP contribution in [0.2, 0.25) is 0 Å². The van der Waals surface area contributed by atoms with E-state index in [0.717, 1.165) is 33.4 Å². The van der Waals surface area contributed by atoms with Crippen molar-refractivity contribution in [1.82, 2.24) is 15.0 Å². The van der Waals surface area contributed by atoms with Gasteiger partial charge in [-0.1, -0.05) is 142 Å². The van der Waals surface area contributed by atoms with E-state index in [1.165, 1.54) is 11.3 Å². The molecule has 0 aliphatic rings. The van der Waals surface area contributed by atoms with Crippen LogP contribution in [0.15, 0.2) is 109 Å². The third-order valence-electron chi connectivity index (χ3n) is 10.9. The molecule has 15 heteroatoms. The van der Waals surface area contributed by atoms with Gasteiger partial charge in [0.1, 0.15) is 86.3 Å². The van der Waals surface area contributed by atoms with E-state index in [2.05, 4.69) is 24.3 Å². The smallest absolute Gasteiger partial charge is 0.164 e. The van der Waals surface area contributed by atoms with Crippen molar-refractivity contribution in [3.8, 4) is 67.5 Å². The molecule has 0 unspecified atom stereocenters. The summed E-state index contributed by atoms with van der Waals surface area (Å²) in [6.07, 6.45) is 0. The van der Waals surface area contributed by atoms with Gasteiger partial charge in [0, 0.05) is 31.5 Å². The number of rotatable bonds is 6. The SMILES string of the molecule is [B]c1c([B])c([B])c(-c2c([B])c([B])c(-c3nc(-c4ccc(-c5ccccc5)cc4)nc(-c4ccc(-c5ccccc5)cc4)n3)c3sc4c([B])c([B])c([B])c([B])c4c23)c([B])c1[B]. The number of benzene rings is 7. The lowest BCUT2D eigenvalue weighted by Crippen LogP contribution is -2.55. The first-order valence-electron chi connectivity index (χ1n) is 18.6. The first kappa shape index (κ1) is 39.9. The molecular weight excluding hydrogens is 734 g/mol. The van der Waals surface area contributed by atoms with Gasteiger partial charge in [0.25, 0.3) is 0 Å². The number of nitrogens with zero attached hydrogens (tertiary/aromatic N) is 3. The van der Waals surface area contributed by atoms with E-state index in [4.69, 9.17) is 101 Å². The third kappa shape index (κ3) is 6.48. The minimum absolute atomic E-state index is 0.0194. The Hall–Kier alpha value is -5.52. The number of aromatic nitrogens is 3. The summed E-state index contributed by atoms with van der Waals surface area (Å²) >= 11 is 1.26. The molecule has 2 aromatic heterocycles. The molecule has 0 saturated carbocycles. The van der Waals surface area contributed by atoms with Crippen molar-refractivity contribution in [2.45, 2.75) is 0 Å². The summed E-state index contributed by atoms with van der Waals surface area (Å²) in [6, 6.07) is 36.1. The molecule has 0 amide bonds. The summed E-state index contributed by atoms with van der Waals surface area (Å²) in [7, 11) is 72.9. The highest BCUT2D eigenvalue weighted by Gasteiger charge is 2.27. The van der Waals surface area contributed by atoms with Crippen molar-refractivity contribution < 1.29 is 0 Å². The zero-order valence-electron chi connectivity index (χ0n) is 32.0. The maximum absolute atomic E-state index is 7.13. The van der Waals surface area contributed by atoms with Crippen molar-refractivity contribution in [2.24, 2.45) is 0 Å². The van der Waals surface area contributed by atoms with E-state index in [1.54, 1.807) is 0 Å². The Kier molecular flexibility index (Phi) is 10.3. The second-order valence-electron chi connectivity index (χ2n) is 14.4. The molecule has 0 atom stereocenters. The van der Waals surface area contributed by atoms with Gasteiger partial charge < -0.3 is 0 Å². The van der Waals surface area contributed by atoms with E-state index in [9.17, 15) is 0 Å². The molecule has 0 saturated heterocycles. The van der Waals surface area contributed by atoms with Crippen LogP contribution in [0, 0.1) is 0 Å². The third-order valence-corrected chi connectivity index (χ3v) is 12.1. The summed E-state index contributed by atoms with van der Waals surface area (Å²) in [5.74, 6) is 0.994. The monoisotopic (exact) mass is 753 g/mol. The van der Waals surface area contributed by atoms with Crippen LogP contribution in [0.3, 0.4) is 0 Å². The summed E-state index contributed by atoms with van der Waals surface area (Å²) in [5.41, 5.74) is 7.44. The first-order valence-corrected chi connectivity index (χ1v) is 19.5. The van der Waals surface area contributed by atoms with Crippen LogP contribution in [0.25, 0.3) is 87.7 Å². The summed E-state index contributed by atoms with van der Waals surface area (Å²) < 4.78 is 1.04. The molecule has 0 N–H and O–H groups in total. The molecule has 0 spiro atoms. The van der Waals surface area contributed by atoms with Crippen molar-refractivity contribution >= 4 is 178 Å². The summed E-state index contributed by atoms with van der Waals surface area (Å²) in [6.45, 7) is 0. The highest BCUT2D eigenvalue weighted by molar-refractivity contribution is 7.28. The van der Waals surface area contributed by atoms with Crippen LogP contribution in [0.1, 0.15) is 0 Å². The van der Waals surface area contributed by atoms with Gasteiger partial charge in [-0.3, -0.25) is 0 Å². The summed E-state index contributed by atoms with van der Waals surface area (Å²) in [4.78, 5) is 15.2. The molecule has 7 aromatic carbocycles. The van der Waals surface area contributed by atoms with Crippen LogP contribution < -0.4 is 60.1 Å². The van der Waals surface area contributed by atoms with Crippen LogP contribution in [0.5, 0.6) is 0 Å². The zero-order chi connectivity index (χ0) is 42.1. The molecule has 9 aromatic rings. The second-order valence-corrected chi connectivity index (χ2v) is 15.4. The van der Waals surface area contributed by atoms with Crippen LogP contribution in [-0.4, -0.2) is 101 Å². The lowest BCUT2D eigenvalue weighted by Gasteiger charge is -2.26. The van der Waals surface area contributed by atoms with E-state index >= 15 is 0 Å². The van der Waals surface area contributed by atoms with Gasteiger partial charge in [0.2, 0.25) is 0 Å². The van der Waals surface area contributed by atoms with Gasteiger partial charge in [0.15, 0.2) is 17.5 Å². The molecule has 22 radical (unpaired) electrons. The van der Waals surface area contributed by atoms with Crippen molar-refractivity contribution in [2.75, 3.05) is 0 Å². The van der Waals surface area contributed by atoms with Gasteiger partial charge in [-0.25, -0.2) is 15.0 Å². The Morgan fingerprint density at radius 2 is 0.617 bits per heavy atom. The number of hydrogen-bond acceptors (Lipinski definition) is 4. The van der Waals surface area contributed by atoms with Gasteiger partial charge in [-0.2, -0.15) is 0 Å². The molecule has 9 rings (SSSR count).